The van der Waals surface area contributed by atoms with E-state index < -0.39 is 11.6 Å². The molecule has 36 heavy (non-hydrogen) atoms. The van der Waals surface area contributed by atoms with Gasteiger partial charge in [0.1, 0.15) is 5.82 Å². The highest BCUT2D eigenvalue weighted by atomic mass is 19.2. The maximum atomic E-state index is 15.1. The second kappa shape index (κ2) is 12.4. The summed E-state index contributed by atoms with van der Waals surface area (Å²) in [6, 6.07) is 16.0. The Balaban J connectivity index is 1.46. The molecule has 3 aromatic carbocycles. The first-order chi connectivity index (χ1) is 17.5. The Kier molecular flexibility index (Phi) is 9.07. The predicted molar refractivity (Wildman–Crippen MR) is 145 cm³/mol. The Hall–Kier alpha value is -2.81. The molecular weight excluding hydrogens is 453 g/mol. The Bertz CT molecular complexity index is 1170. The molecule has 0 bridgehead atoms. The van der Waals surface area contributed by atoms with Gasteiger partial charge in [-0.2, -0.15) is 0 Å². The highest BCUT2D eigenvalue weighted by Crippen LogP contribution is 2.38. The van der Waals surface area contributed by atoms with Crippen LogP contribution >= 0.6 is 0 Å². The fraction of sp³-hybridized carbons (Fsp3) is 0.394. The summed E-state index contributed by atoms with van der Waals surface area (Å²) in [6.45, 7) is 4.19. The zero-order chi connectivity index (χ0) is 25.5. The number of hydrogen-bond acceptors (Lipinski definition) is 0. The van der Waals surface area contributed by atoms with Gasteiger partial charge in [-0.3, -0.25) is 0 Å². The molecule has 0 heterocycles. The molecule has 0 aliphatic heterocycles. The van der Waals surface area contributed by atoms with Crippen molar-refractivity contribution in [3.63, 3.8) is 0 Å². The van der Waals surface area contributed by atoms with Crippen LogP contribution in [-0.2, 0) is 6.42 Å². The smallest absolute Gasteiger partial charge is 0.166 e. The first-order valence-electron chi connectivity index (χ1n) is 13.5. The van der Waals surface area contributed by atoms with Crippen molar-refractivity contribution < 1.29 is 13.2 Å². The highest BCUT2D eigenvalue weighted by Gasteiger charge is 2.22. The van der Waals surface area contributed by atoms with Crippen molar-refractivity contribution in [3.8, 4) is 22.3 Å². The average molecular weight is 491 g/mol. The molecule has 0 spiro atoms. The van der Waals surface area contributed by atoms with Gasteiger partial charge in [-0.05, 0) is 85.6 Å². The number of rotatable bonds is 9. The van der Waals surface area contributed by atoms with Crippen molar-refractivity contribution in [1.82, 2.24) is 0 Å². The van der Waals surface area contributed by atoms with Gasteiger partial charge in [0, 0.05) is 11.1 Å². The molecule has 4 rings (SSSR count). The van der Waals surface area contributed by atoms with Crippen molar-refractivity contribution in [1.29, 1.82) is 0 Å². The van der Waals surface area contributed by atoms with Gasteiger partial charge in [0.25, 0.3) is 0 Å². The second-order valence-electron chi connectivity index (χ2n) is 10.2. The molecule has 3 aromatic rings. The lowest BCUT2D eigenvalue weighted by Crippen LogP contribution is -2.12. The summed E-state index contributed by atoms with van der Waals surface area (Å²) in [5, 5.41) is 0. The van der Waals surface area contributed by atoms with Crippen molar-refractivity contribution in [2.24, 2.45) is 5.92 Å². The Morgan fingerprint density at radius 1 is 0.750 bits per heavy atom. The maximum absolute atomic E-state index is 15.1. The van der Waals surface area contributed by atoms with E-state index in [2.05, 4.69) is 26.0 Å². The van der Waals surface area contributed by atoms with Gasteiger partial charge in [0.15, 0.2) is 11.6 Å². The number of unbranched alkanes of at least 4 members (excludes halogenated alkanes) is 3. The maximum Gasteiger partial charge on any atom is 0.166 e. The van der Waals surface area contributed by atoms with Gasteiger partial charge < -0.3 is 0 Å². The molecular formula is C33H37F3. The number of hydrogen-bond donors (Lipinski definition) is 0. The molecule has 0 unspecified atom stereocenters. The van der Waals surface area contributed by atoms with Gasteiger partial charge in [0.05, 0.1) is 0 Å². The van der Waals surface area contributed by atoms with Crippen molar-refractivity contribution in [2.45, 2.75) is 77.6 Å². The van der Waals surface area contributed by atoms with Crippen molar-refractivity contribution in [3.05, 3.63) is 95.3 Å². The molecule has 3 heteroatoms. The lowest BCUT2D eigenvalue weighted by molar-refractivity contribution is 0.375. The number of aryl methyl sites for hydroxylation is 1. The molecule has 190 valence electrons. The van der Waals surface area contributed by atoms with E-state index in [1.807, 2.05) is 12.1 Å². The minimum Gasteiger partial charge on any atom is -0.206 e. The third-order valence-electron chi connectivity index (χ3n) is 7.67. The topological polar surface area (TPSA) is 0 Å². The monoisotopic (exact) mass is 490 g/mol. The number of allylic oxidation sites excluding steroid dienone is 2. The molecule has 0 saturated heterocycles. The summed E-state index contributed by atoms with van der Waals surface area (Å²) >= 11 is 0. The van der Waals surface area contributed by atoms with Crippen LogP contribution in [0.4, 0.5) is 13.2 Å². The summed E-state index contributed by atoms with van der Waals surface area (Å²) in [4.78, 5) is 0. The van der Waals surface area contributed by atoms with Crippen LogP contribution in [0.5, 0.6) is 0 Å². The fourth-order valence-corrected chi connectivity index (χ4v) is 5.51. The molecule has 0 aromatic heterocycles. The lowest BCUT2D eigenvalue weighted by atomic mass is 9.78. The average Bonchev–Trinajstić information content (AvgIpc) is 2.90. The number of benzene rings is 3. The quantitative estimate of drug-likeness (QED) is 0.207. The third kappa shape index (κ3) is 6.11. The molecule has 0 radical (unpaired) electrons. The molecule has 0 nitrogen and oxygen atoms in total. The second-order valence-corrected chi connectivity index (χ2v) is 10.2. The van der Waals surface area contributed by atoms with Crippen LogP contribution in [0.3, 0.4) is 0 Å². The minimum atomic E-state index is -0.810. The van der Waals surface area contributed by atoms with Crippen LogP contribution in [0.1, 0.15) is 82.3 Å². The van der Waals surface area contributed by atoms with Gasteiger partial charge in [-0.25, -0.2) is 13.2 Å². The van der Waals surface area contributed by atoms with Crippen LogP contribution in [0, 0.1) is 23.4 Å². The van der Waals surface area contributed by atoms with E-state index in [4.69, 9.17) is 0 Å². The number of halogens is 3. The molecule has 1 saturated carbocycles. The van der Waals surface area contributed by atoms with E-state index in [0.717, 1.165) is 62.5 Å². The molecule has 0 N–H and O–H groups in total. The zero-order valence-corrected chi connectivity index (χ0v) is 21.5. The highest BCUT2D eigenvalue weighted by molar-refractivity contribution is 5.71. The minimum absolute atomic E-state index is 0.236. The van der Waals surface area contributed by atoms with Crippen molar-refractivity contribution in [2.75, 3.05) is 0 Å². The van der Waals surface area contributed by atoms with Gasteiger partial charge in [-0.1, -0.05) is 86.9 Å². The van der Waals surface area contributed by atoms with Crippen LogP contribution in [0.15, 0.2) is 66.7 Å². The van der Waals surface area contributed by atoms with Crippen LogP contribution in [-0.4, -0.2) is 0 Å². The van der Waals surface area contributed by atoms with E-state index >= 15 is 4.39 Å². The fourth-order valence-electron chi connectivity index (χ4n) is 5.51. The molecule has 0 atom stereocenters. The van der Waals surface area contributed by atoms with Gasteiger partial charge in [0.2, 0.25) is 0 Å². The summed E-state index contributed by atoms with van der Waals surface area (Å²) in [5.74, 6) is -0.746. The molecule has 1 aliphatic carbocycles. The largest absolute Gasteiger partial charge is 0.206 e. The molecule has 1 fully saturated rings. The normalized spacial score (nSPS) is 18.1. The standard InChI is InChI=1S/C33H37F3/c1-3-5-6-7-9-27-18-21-30(33(36)32(27)35)26-16-14-25(15-17-26)29-20-19-28(22-31(29)34)24-12-10-23(8-4-2)11-13-24/h4,8,14-24H,3,5-7,9-13H2,1-2H3. The van der Waals surface area contributed by atoms with Crippen LogP contribution in [0.2, 0.25) is 0 Å². The molecule has 0 amide bonds. The van der Waals surface area contributed by atoms with E-state index in [-0.39, 0.29) is 11.4 Å². The van der Waals surface area contributed by atoms with Gasteiger partial charge >= 0.3 is 0 Å². The Labute approximate surface area is 214 Å². The van der Waals surface area contributed by atoms with E-state index in [0.29, 0.717) is 34.9 Å². The molecule has 1 aliphatic rings. The lowest BCUT2D eigenvalue weighted by Gasteiger charge is -2.27. The SMILES string of the molecule is CC=CC1CCC(c2ccc(-c3ccc(-c4ccc(CCCCCC)c(F)c4F)cc3)c(F)c2)CC1. The van der Waals surface area contributed by atoms with Crippen molar-refractivity contribution >= 4 is 0 Å². The first-order valence-corrected chi connectivity index (χ1v) is 13.5. The van der Waals surface area contributed by atoms with E-state index in [1.54, 1.807) is 42.5 Å². The third-order valence-corrected chi connectivity index (χ3v) is 7.67. The Morgan fingerprint density at radius 3 is 2.06 bits per heavy atom. The summed E-state index contributed by atoms with van der Waals surface area (Å²) in [6.07, 6.45) is 13.5. The van der Waals surface area contributed by atoms with Crippen LogP contribution in [0.25, 0.3) is 22.3 Å². The summed E-state index contributed by atoms with van der Waals surface area (Å²) in [7, 11) is 0. The van der Waals surface area contributed by atoms with Crippen LogP contribution < -0.4 is 0 Å². The van der Waals surface area contributed by atoms with E-state index in [9.17, 15) is 8.78 Å². The Morgan fingerprint density at radius 2 is 1.42 bits per heavy atom. The summed E-state index contributed by atoms with van der Waals surface area (Å²) < 4.78 is 44.6. The van der Waals surface area contributed by atoms with E-state index in [1.165, 1.54) is 0 Å². The summed E-state index contributed by atoms with van der Waals surface area (Å²) in [5.41, 5.74) is 3.58. The predicted octanol–water partition coefficient (Wildman–Crippen LogP) is 10.4. The first kappa shape index (κ1) is 26.3. The zero-order valence-electron chi connectivity index (χ0n) is 21.5. The van der Waals surface area contributed by atoms with Gasteiger partial charge in [-0.15, -0.1) is 0 Å².